The SMILES string of the molecule is Cc1oncc1-c1cccc(N)c1. The standard InChI is InChI=1S/C10H10N2O/c1-7-10(6-12-13-7)8-3-2-4-9(11)5-8/h2-6H,11H2,1H3. The minimum absolute atomic E-state index is 0.748. The Labute approximate surface area is 76.2 Å². The lowest BCUT2D eigenvalue weighted by atomic mass is 10.1. The van der Waals surface area contributed by atoms with E-state index in [1.54, 1.807) is 6.20 Å². The highest BCUT2D eigenvalue weighted by atomic mass is 16.5. The van der Waals surface area contributed by atoms with Crippen molar-refractivity contribution in [1.29, 1.82) is 0 Å². The Kier molecular flexibility index (Phi) is 1.77. The lowest BCUT2D eigenvalue weighted by molar-refractivity contribution is 0.398. The summed E-state index contributed by atoms with van der Waals surface area (Å²) in [6.45, 7) is 1.88. The van der Waals surface area contributed by atoms with Crippen LogP contribution in [-0.4, -0.2) is 5.16 Å². The van der Waals surface area contributed by atoms with Gasteiger partial charge in [-0.25, -0.2) is 0 Å². The van der Waals surface area contributed by atoms with Gasteiger partial charge in [-0.05, 0) is 24.6 Å². The molecule has 1 aromatic heterocycles. The average Bonchev–Trinajstić information content (AvgIpc) is 2.51. The molecular weight excluding hydrogens is 164 g/mol. The number of benzene rings is 1. The third kappa shape index (κ3) is 1.40. The Morgan fingerprint density at radius 1 is 1.38 bits per heavy atom. The molecule has 2 rings (SSSR count). The van der Waals surface area contributed by atoms with Crippen LogP contribution in [-0.2, 0) is 0 Å². The summed E-state index contributed by atoms with van der Waals surface area (Å²) >= 11 is 0. The van der Waals surface area contributed by atoms with Gasteiger partial charge in [0.25, 0.3) is 0 Å². The number of aryl methyl sites for hydroxylation is 1. The van der Waals surface area contributed by atoms with Crippen LogP contribution < -0.4 is 5.73 Å². The molecule has 0 spiro atoms. The molecule has 3 heteroatoms. The normalized spacial score (nSPS) is 10.2. The molecule has 0 saturated heterocycles. The number of hydrogen-bond donors (Lipinski definition) is 1. The van der Waals surface area contributed by atoms with Gasteiger partial charge in [0.2, 0.25) is 0 Å². The predicted octanol–water partition coefficient (Wildman–Crippen LogP) is 2.23. The summed E-state index contributed by atoms with van der Waals surface area (Å²) in [5.41, 5.74) is 8.45. The molecule has 0 fully saturated rings. The number of nitrogens with zero attached hydrogens (tertiary/aromatic N) is 1. The van der Waals surface area contributed by atoms with E-state index < -0.39 is 0 Å². The largest absolute Gasteiger partial charge is 0.399 e. The molecule has 0 radical (unpaired) electrons. The second kappa shape index (κ2) is 2.94. The Morgan fingerprint density at radius 2 is 2.23 bits per heavy atom. The Morgan fingerprint density at radius 3 is 2.85 bits per heavy atom. The van der Waals surface area contributed by atoms with Gasteiger partial charge in [-0.2, -0.15) is 0 Å². The quantitative estimate of drug-likeness (QED) is 0.674. The van der Waals surface area contributed by atoms with E-state index in [1.807, 2.05) is 31.2 Å². The molecule has 3 nitrogen and oxygen atoms in total. The first kappa shape index (κ1) is 7.86. The fourth-order valence-electron chi connectivity index (χ4n) is 1.28. The van der Waals surface area contributed by atoms with Gasteiger partial charge in [-0.15, -0.1) is 0 Å². The highest BCUT2D eigenvalue weighted by molar-refractivity contribution is 5.67. The van der Waals surface area contributed by atoms with E-state index in [2.05, 4.69) is 5.16 Å². The average molecular weight is 174 g/mol. The highest BCUT2D eigenvalue weighted by Gasteiger charge is 2.05. The maximum Gasteiger partial charge on any atom is 0.141 e. The van der Waals surface area contributed by atoms with E-state index in [0.717, 1.165) is 22.6 Å². The summed E-state index contributed by atoms with van der Waals surface area (Å²) < 4.78 is 4.97. The van der Waals surface area contributed by atoms with Crippen LogP contribution in [0.5, 0.6) is 0 Å². The van der Waals surface area contributed by atoms with E-state index in [9.17, 15) is 0 Å². The van der Waals surface area contributed by atoms with Crippen molar-refractivity contribution in [2.45, 2.75) is 6.92 Å². The summed E-state index contributed by atoms with van der Waals surface area (Å²) in [7, 11) is 0. The molecule has 13 heavy (non-hydrogen) atoms. The third-order valence-corrected chi connectivity index (χ3v) is 1.95. The molecule has 0 unspecified atom stereocenters. The Bertz CT molecular complexity index is 420. The number of rotatable bonds is 1. The van der Waals surface area contributed by atoms with E-state index in [0.29, 0.717) is 0 Å². The van der Waals surface area contributed by atoms with Gasteiger partial charge in [0.05, 0.1) is 6.20 Å². The van der Waals surface area contributed by atoms with Gasteiger partial charge in [0.1, 0.15) is 5.76 Å². The molecule has 0 aliphatic carbocycles. The highest BCUT2D eigenvalue weighted by Crippen LogP contribution is 2.23. The zero-order chi connectivity index (χ0) is 9.26. The van der Waals surface area contributed by atoms with Gasteiger partial charge >= 0.3 is 0 Å². The molecule has 0 saturated carbocycles. The van der Waals surface area contributed by atoms with E-state index in [1.165, 1.54) is 0 Å². The molecular formula is C10H10N2O. The van der Waals surface area contributed by atoms with Crippen molar-refractivity contribution in [3.05, 3.63) is 36.2 Å². The van der Waals surface area contributed by atoms with Crippen LogP contribution in [0, 0.1) is 6.92 Å². The lowest BCUT2D eigenvalue weighted by Crippen LogP contribution is -1.84. The summed E-state index contributed by atoms with van der Waals surface area (Å²) in [6.07, 6.45) is 1.70. The smallest absolute Gasteiger partial charge is 0.141 e. The van der Waals surface area contributed by atoms with Crippen LogP contribution in [0.15, 0.2) is 35.0 Å². The number of hydrogen-bond acceptors (Lipinski definition) is 3. The maximum atomic E-state index is 5.66. The first-order chi connectivity index (χ1) is 6.27. The summed E-state index contributed by atoms with van der Waals surface area (Å²) in [6, 6.07) is 7.65. The molecule has 1 heterocycles. The second-order valence-electron chi connectivity index (χ2n) is 2.92. The fourth-order valence-corrected chi connectivity index (χ4v) is 1.28. The zero-order valence-electron chi connectivity index (χ0n) is 7.32. The maximum absolute atomic E-state index is 5.66. The lowest BCUT2D eigenvalue weighted by Gasteiger charge is -1.98. The van der Waals surface area contributed by atoms with Crippen molar-refractivity contribution >= 4 is 5.69 Å². The van der Waals surface area contributed by atoms with Gasteiger partial charge in [0.15, 0.2) is 0 Å². The molecule has 2 N–H and O–H groups in total. The van der Waals surface area contributed by atoms with Gasteiger partial charge < -0.3 is 10.3 Å². The van der Waals surface area contributed by atoms with Crippen LogP contribution >= 0.6 is 0 Å². The van der Waals surface area contributed by atoms with Crippen LogP contribution in [0.2, 0.25) is 0 Å². The van der Waals surface area contributed by atoms with Crippen LogP contribution in [0.25, 0.3) is 11.1 Å². The van der Waals surface area contributed by atoms with Gasteiger partial charge in [0, 0.05) is 11.3 Å². The van der Waals surface area contributed by atoms with Crippen molar-refractivity contribution in [1.82, 2.24) is 5.16 Å². The van der Waals surface area contributed by atoms with Crippen LogP contribution in [0.1, 0.15) is 5.76 Å². The van der Waals surface area contributed by atoms with Crippen molar-refractivity contribution in [2.75, 3.05) is 5.73 Å². The molecule has 1 aromatic carbocycles. The van der Waals surface area contributed by atoms with E-state index >= 15 is 0 Å². The fraction of sp³-hybridized carbons (Fsp3) is 0.100. The molecule has 0 amide bonds. The minimum Gasteiger partial charge on any atom is -0.399 e. The molecule has 0 atom stereocenters. The molecule has 0 aliphatic rings. The van der Waals surface area contributed by atoms with Crippen molar-refractivity contribution in [3.63, 3.8) is 0 Å². The number of nitrogen functional groups attached to an aromatic ring is 1. The Balaban J connectivity index is 2.53. The van der Waals surface area contributed by atoms with Gasteiger partial charge in [-0.3, -0.25) is 0 Å². The summed E-state index contributed by atoms with van der Waals surface area (Å²) in [5, 5.41) is 3.71. The Hall–Kier alpha value is -1.77. The van der Waals surface area contributed by atoms with E-state index in [4.69, 9.17) is 10.3 Å². The minimum atomic E-state index is 0.748. The first-order valence-corrected chi connectivity index (χ1v) is 4.04. The summed E-state index contributed by atoms with van der Waals surface area (Å²) in [4.78, 5) is 0. The molecule has 0 bridgehead atoms. The monoisotopic (exact) mass is 174 g/mol. The first-order valence-electron chi connectivity index (χ1n) is 4.04. The predicted molar refractivity (Wildman–Crippen MR) is 51.1 cm³/mol. The van der Waals surface area contributed by atoms with E-state index in [-0.39, 0.29) is 0 Å². The molecule has 0 aliphatic heterocycles. The summed E-state index contributed by atoms with van der Waals surface area (Å²) in [5.74, 6) is 0.811. The van der Waals surface area contributed by atoms with Crippen LogP contribution in [0.4, 0.5) is 5.69 Å². The number of anilines is 1. The van der Waals surface area contributed by atoms with Crippen LogP contribution in [0.3, 0.4) is 0 Å². The number of aromatic nitrogens is 1. The second-order valence-corrected chi connectivity index (χ2v) is 2.92. The third-order valence-electron chi connectivity index (χ3n) is 1.95. The molecule has 66 valence electrons. The zero-order valence-corrected chi connectivity index (χ0v) is 7.32. The van der Waals surface area contributed by atoms with Crippen molar-refractivity contribution < 1.29 is 4.52 Å². The van der Waals surface area contributed by atoms with Crippen molar-refractivity contribution in [3.8, 4) is 11.1 Å². The molecule has 2 aromatic rings. The topological polar surface area (TPSA) is 52.0 Å². The van der Waals surface area contributed by atoms with Gasteiger partial charge in [-0.1, -0.05) is 17.3 Å². The van der Waals surface area contributed by atoms with Crippen molar-refractivity contribution in [2.24, 2.45) is 0 Å². The number of nitrogens with two attached hydrogens (primary N) is 1.